The zero-order chi connectivity index (χ0) is 11.8. The maximum Gasteiger partial charge on any atom is 0.248 e. The van der Waals surface area contributed by atoms with Crippen LogP contribution in [0.15, 0.2) is 30.3 Å². The van der Waals surface area contributed by atoms with Crippen molar-refractivity contribution in [2.45, 2.75) is 0 Å². The van der Waals surface area contributed by atoms with Gasteiger partial charge in [-0.1, -0.05) is 18.2 Å². The number of hydrogen-bond donors (Lipinski definition) is 0. The minimum atomic E-state index is -0.0424. The molecular formula is C12H17NO3. The second-order valence-corrected chi connectivity index (χ2v) is 3.41. The van der Waals surface area contributed by atoms with Gasteiger partial charge in [0.2, 0.25) is 5.91 Å². The number of amides is 1. The lowest BCUT2D eigenvalue weighted by molar-refractivity contribution is -0.134. The maximum atomic E-state index is 11.3. The summed E-state index contributed by atoms with van der Waals surface area (Å²) >= 11 is 0. The van der Waals surface area contributed by atoms with Gasteiger partial charge in [0.15, 0.2) is 0 Å². The third-order valence-electron chi connectivity index (χ3n) is 2.13. The van der Waals surface area contributed by atoms with Crippen LogP contribution in [0.25, 0.3) is 0 Å². The Hall–Kier alpha value is -1.55. The minimum absolute atomic E-state index is 0.0424. The fourth-order valence-electron chi connectivity index (χ4n) is 1.18. The molecule has 1 aromatic carbocycles. The quantitative estimate of drug-likeness (QED) is 0.726. The summed E-state index contributed by atoms with van der Waals surface area (Å²) in [5, 5.41) is 0. The lowest BCUT2D eigenvalue weighted by Gasteiger charge is -2.16. The molecule has 0 fully saturated rings. The van der Waals surface area contributed by atoms with Gasteiger partial charge in [-0.3, -0.25) is 4.79 Å². The van der Waals surface area contributed by atoms with Crippen molar-refractivity contribution in [3.05, 3.63) is 30.3 Å². The van der Waals surface area contributed by atoms with Crippen molar-refractivity contribution >= 4 is 5.91 Å². The summed E-state index contributed by atoms with van der Waals surface area (Å²) in [5.41, 5.74) is 0. The number of methoxy groups -OCH3 is 1. The molecule has 0 spiro atoms. The SMILES string of the molecule is COCC(=O)N(C)CCOc1ccccc1. The summed E-state index contributed by atoms with van der Waals surface area (Å²) in [7, 11) is 3.24. The van der Waals surface area contributed by atoms with Gasteiger partial charge in [-0.05, 0) is 12.1 Å². The smallest absolute Gasteiger partial charge is 0.248 e. The molecular weight excluding hydrogens is 206 g/mol. The van der Waals surface area contributed by atoms with Gasteiger partial charge in [0, 0.05) is 14.2 Å². The number of rotatable bonds is 6. The van der Waals surface area contributed by atoms with Crippen LogP contribution in [0.2, 0.25) is 0 Å². The monoisotopic (exact) mass is 223 g/mol. The summed E-state index contributed by atoms with van der Waals surface area (Å²) in [6.45, 7) is 1.15. The molecule has 4 heteroatoms. The molecule has 1 rings (SSSR count). The highest BCUT2D eigenvalue weighted by Gasteiger charge is 2.07. The van der Waals surface area contributed by atoms with E-state index in [2.05, 4.69) is 0 Å². The van der Waals surface area contributed by atoms with Crippen LogP contribution in [0.4, 0.5) is 0 Å². The number of likely N-dealkylation sites (N-methyl/N-ethyl adjacent to an activating group) is 1. The maximum absolute atomic E-state index is 11.3. The van der Waals surface area contributed by atoms with Gasteiger partial charge in [-0.2, -0.15) is 0 Å². The van der Waals surface area contributed by atoms with Crippen molar-refractivity contribution in [3.8, 4) is 5.75 Å². The van der Waals surface area contributed by atoms with Crippen molar-refractivity contribution in [1.29, 1.82) is 0 Å². The zero-order valence-electron chi connectivity index (χ0n) is 9.68. The molecule has 4 nitrogen and oxygen atoms in total. The van der Waals surface area contributed by atoms with E-state index in [1.165, 1.54) is 7.11 Å². The van der Waals surface area contributed by atoms with Crippen LogP contribution in [-0.2, 0) is 9.53 Å². The molecule has 0 atom stereocenters. The molecule has 0 N–H and O–H groups in total. The van der Waals surface area contributed by atoms with Crippen LogP contribution in [0.5, 0.6) is 5.75 Å². The van der Waals surface area contributed by atoms with Gasteiger partial charge in [-0.15, -0.1) is 0 Å². The predicted molar refractivity (Wildman–Crippen MR) is 61.5 cm³/mol. The molecule has 0 unspecified atom stereocenters. The molecule has 1 amide bonds. The average Bonchev–Trinajstić information content (AvgIpc) is 2.30. The Kier molecular flexibility index (Phi) is 5.36. The normalized spacial score (nSPS) is 9.88. The predicted octanol–water partition coefficient (Wildman–Crippen LogP) is 1.17. The molecule has 0 saturated heterocycles. The van der Waals surface area contributed by atoms with E-state index < -0.39 is 0 Å². The first-order valence-electron chi connectivity index (χ1n) is 5.15. The zero-order valence-corrected chi connectivity index (χ0v) is 9.68. The van der Waals surface area contributed by atoms with Gasteiger partial charge in [0.1, 0.15) is 19.0 Å². The van der Waals surface area contributed by atoms with Crippen molar-refractivity contribution in [2.75, 3.05) is 33.9 Å². The minimum Gasteiger partial charge on any atom is -0.492 e. The summed E-state index contributed by atoms with van der Waals surface area (Å²) in [5.74, 6) is 0.772. The first kappa shape index (κ1) is 12.5. The fraction of sp³-hybridized carbons (Fsp3) is 0.417. The van der Waals surface area contributed by atoms with E-state index in [4.69, 9.17) is 9.47 Å². The summed E-state index contributed by atoms with van der Waals surface area (Å²) < 4.78 is 10.2. The Labute approximate surface area is 95.8 Å². The van der Waals surface area contributed by atoms with E-state index in [0.29, 0.717) is 13.2 Å². The Morgan fingerprint density at radius 1 is 1.31 bits per heavy atom. The second-order valence-electron chi connectivity index (χ2n) is 3.41. The number of carbonyl (C=O) groups is 1. The van der Waals surface area contributed by atoms with E-state index >= 15 is 0 Å². The fourth-order valence-corrected chi connectivity index (χ4v) is 1.18. The molecule has 0 aliphatic heterocycles. The molecule has 0 bridgehead atoms. The topological polar surface area (TPSA) is 38.8 Å². The number of ether oxygens (including phenoxy) is 2. The number of carbonyl (C=O) groups excluding carboxylic acids is 1. The molecule has 0 saturated carbocycles. The van der Waals surface area contributed by atoms with Gasteiger partial charge in [0.05, 0.1) is 6.54 Å². The third-order valence-corrected chi connectivity index (χ3v) is 2.13. The number of para-hydroxylation sites is 1. The molecule has 0 aliphatic rings. The van der Waals surface area contributed by atoms with E-state index in [1.54, 1.807) is 11.9 Å². The summed E-state index contributed by atoms with van der Waals surface area (Å²) in [4.78, 5) is 12.9. The number of hydrogen-bond acceptors (Lipinski definition) is 3. The Bertz CT molecular complexity index is 313. The van der Waals surface area contributed by atoms with Crippen LogP contribution in [0.1, 0.15) is 0 Å². The first-order chi connectivity index (χ1) is 7.74. The van der Waals surface area contributed by atoms with E-state index in [1.807, 2.05) is 30.3 Å². The third kappa shape index (κ3) is 4.31. The molecule has 1 aromatic rings. The molecule has 88 valence electrons. The van der Waals surface area contributed by atoms with Crippen molar-refractivity contribution in [3.63, 3.8) is 0 Å². The molecule has 16 heavy (non-hydrogen) atoms. The summed E-state index contributed by atoms with van der Waals surface area (Å²) in [6.07, 6.45) is 0. The highest BCUT2D eigenvalue weighted by molar-refractivity contribution is 5.77. The number of nitrogens with zero attached hydrogens (tertiary/aromatic N) is 1. The van der Waals surface area contributed by atoms with Crippen molar-refractivity contribution in [2.24, 2.45) is 0 Å². The van der Waals surface area contributed by atoms with E-state index in [9.17, 15) is 4.79 Å². The largest absolute Gasteiger partial charge is 0.492 e. The highest BCUT2D eigenvalue weighted by atomic mass is 16.5. The Balaban J connectivity index is 2.23. The second kappa shape index (κ2) is 6.85. The molecule has 0 heterocycles. The standard InChI is InChI=1S/C12H17NO3/c1-13(12(14)10-15-2)8-9-16-11-6-4-3-5-7-11/h3-7H,8-10H2,1-2H3. The highest BCUT2D eigenvalue weighted by Crippen LogP contribution is 2.07. The van der Waals surface area contributed by atoms with Crippen molar-refractivity contribution < 1.29 is 14.3 Å². The van der Waals surface area contributed by atoms with E-state index in [0.717, 1.165) is 5.75 Å². The van der Waals surface area contributed by atoms with Gasteiger partial charge in [0.25, 0.3) is 0 Å². The van der Waals surface area contributed by atoms with Gasteiger partial charge >= 0.3 is 0 Å². The molecule has 0 aromatic heterocycles. The van der Waals surface area contributed by atoms with E-state index in [-0.39, 0.29) is 12.5 Å². The van der Waals surface area contributed by atoms with Crippen LogP contribution in [-0.4, -0.2) is 44.7 Å². The van der Waals surface area contributed by atoms with Crippen LogP contribution >= 0.6 is 0 Å². The van der Waals surface area contributed by atoms with Crippen LogP contribution in [0, 0.1) is 0 Å². The van der Waals surface area contributed by atoms with Gasteiger partial charge < -0.3 is 14.4 Å². The van der Waals surface area contributed by atoms with Gasteiger partial charge in [-0.25, -0.2) is 0 Å². The van der Waals surface area contributed by atoms with Crippen LogP contribution in [0.3, 0.4) is 0 Å². The van der Waals surface area contributed by atoms with Crippen molar-refractivity contribution in [1.82, 2.24) is 4.90 Å². The molecule has 0 aliphatic carbocycles. The Morgan fingerprint density at radius 2 is 2.00 bits per heavy atom. The number of benzene rings is 1. The summed E-state index contributed by atoms with van der Waals surface area (Å²) in [6, 6.07) is 9.53. The lowest BCUT2D eigenvalue weighted by Crippen LogP contribution is -2.33. The first-order valence-corrected chi connectivity index (χ1v) is 5.15. The van der Waals surface area contributed by atoms with Crippen LogP contribution < -0.4 is 4.74 Å². The Morgan fingerprint density at radius 3 is 2.62 bits per heavy atom. The lowest BCUT2D eigenvalue weighted by atomic mass is 10.3. The molecule has 0 radical (unpaired) electrons. The average molecular weight is 223 g/mol.